The predicted octanol–water partition coefficient (Wildman–Crippen LogP) is 2.65. The van der Waals surface area contributed by atoms with Crippen molar-refractivity contribution < 1.29 is 9.53 Å². The van der Waals surface area contributed by atoms with Crippen LogP contribution in [-0.4, -0.2) is 54.5 Å². The number of hydrogen-bond acceptors (Lipinski definition) is 3. The van der Waals surface area contributed by atoms with E-state index in [1.807, 2.05) is 49.1 Å². The lowest BCUT2D eigenvalue weighted by Crippen LogP contribution is -2.48. The average Bonchev–Trinajstić information content (AvgIpc) is 2.52. The van der Waals surface area contributed by atoms with Gasteiger partial charge in [0.1, 0.15) is 5.75 Å². The summed E-state index contributed by atoms with van der Waals surface area (Å²) in [5, 5.41) is 0. The van der Waals surface area contributed by atoms with E-state index in [2.05, 4.69) is 11.8 Å². The van der Waals surface area contributed by atoms with E-state index in [0.717, 1.165) is 44.0 Å². The Kier molecular flexibility index (Phi) is 6.01. The van der Waals surface area contributed by atoms with Crippen LogP contribution < -0.4 is 4.74 Å². The fourth-order valence-electron chi connectivity index (χ4n) is 2.52. The number of benzene rings is 1. The molecule has 1 heterocycles. The van der Waals surface area contributed by atoms with Crippen LogP contribution in [0.25, 0.3) is 6.08 Å². The first-order valence-corrected chi connectivity index (χ1v) is 8.04. The number of carbonyl (C=O) groups excluding carboxylic acids is 1. The van der Waals surface area contributed by atoms with Gasteiger partial charge < -0.3 is 14.5 Å². The number of amides is 1. The molecule has 0 radical (unpaired) electrons. The molecule has 0 bridgehead atoms. The Hall–Kier alpha value is -1.81. The monoisotopic (exact) mass is 302 g/mol. The first kappa shape index (κ1) is 16.6. The highest BCUT2D eigenvalue weighted by molar-refractivity contribution is 5.91. The summed E-state index contributed by atoms with van der Waals surface area (Å²) in [6, 6.07) is 7.82. The van der Waals surface area contributed by atoms with Gasteiger partial charge in [0.05, 0.1) is 6.10 Å². The van der Waals surface area contributed by atoms with Crippen molar-refractivity contribution in [1.82, 2.24) is 9.80 Å². The van der Waals surface area contributed by atoms with Crippen LogP contribution in [0.5, 0.6) is 5.75 Å². The average molecular weight is 302 g/mol. The van der Waals surface area contributed by atoms with Crippen molar-refractivity contribution in [3.8, 4) is 5.75 Å². The molecule has 120 valence electrons. The lowest BCUT2D eigenvalue weighted by atomic mass is 10.2. The molecule has 0 aromatic heterocycles. The van der Waals surface area contributed by atoms with Crippen molar-refractivity contribution in [2.45, 2.75) is 26.9 Å². The van der Waals surface area contributed by atoms with E-state index in [1.165, 1.54) is 0 Å². The maximum Gasteiger partial charge on any atom is 0.246 e. The Morgan fingerprint density at radius 2 is 2.00 bits per heavy atom. The van der Waals surface area contributed by atoms with E-state index in [0.29, 0.717) is 0 Å². The third-order valence-corrected chi connectivity index (χ3v) is 3.78. The van der Waals surface area contributed by atoms with Gasteiger partial charge in [0, 0.05) is 32.3 Å². The molecule has 2 rings (SSSR count). The second-order valence-corrected chi connectivity index (χ2v) is 5.83. The number of likely N-dealkylation sites (N-methyl/N-ethyl adjacent to an activating group) is 1. The fraction of sp³-hybridized carbons (Fsp3) is 0.500. The van der Waals surface area contributed by atoms with Gasteiger partial charge >= 0.3 is 0 Å². The Morgan fingerprint density at radius 3 is 2.64 bits per heavy atom. The van der Waals surface area contributed by atoms with Crippen LogP contribution in [0.1, 0.15) is 26.3 Å². The highest BCUT2D eigenvalue weighted by Gasteiger charge is 2.18. The predicted molar refractivity (Wildman–Crippen MR) is 89.9 cm³/mol. The van der Waals surface area contributed by atoms with Crippen molar-refractivity contribution in [2.24, 2.45) is 0 Å². The molecule has 1 aromatic carbocycles. The second-order valence-electron chi connectivity index (χ2n) is 5.83. The number of carbonyl (C=O) groups is 1. The molecule has 1 amide bonds. The highest BCUT2D eigenvalue weighted by atomic mass is 16.5. The van der Waals surface area contributed by atoms with Gasteiger partial charge in [-0.1, -0.05) is 19.1 Å². The number of rotatable bonds is 5. The van der Waals surface area contributed by atoms with Gasteiger partial charge in [0.2, 0.25) is 5.91 Å². The normalized spacial score (nSPS) is 16.5. The summed E-state index contributed by atoms with van der Waals surface area (Å²) in [5.41, 5.74) is 0.985. The molecular weight excluding hydrogens is 276 g/mol. The van der Waals surface area contributed by atoms with Gasteiger partial charge in [-0.2, -0.15) is 0 Å². The summed E-state index contributed by atoms with van der Waals surface area (Å²) in [5.74, 6) is 0.923. The van der Waals surface area contributed by atoms with Gasteiger partial charge in [-0.25, -0.2) is 0 Å². The zero-order valence-corrected chi connectivity index (χ0v) is 13.8. The van der Waals surface area contributed by atoms with Gasteiger partial charge in [-0.3, -0.25) is 4.79 Å². The molecule has 4 heteroatoms. The van der Waals surface area contributed by atoms with Gasteiger partial charge in [0.15, 0.2) is 0 Å². The zero-order chi connectivity index (χ0) is 15.9. The first-order valence-electron chi connectivity index (χ1n) is 8.04. The van der Waals surface area contributed by atoms with Crippen molar-refractivity contribution >= 4 is 12.0 Å². The summed E-state index contributed by atoms with van der Waals surface area (Å²) in [6.07, 6.45) is 3.67. The Labute approximate surface area is 133 Å². The maximum atomic E-state index is 12.2. The minimum atomic E-state index is 0.0888. The SMILES string of the molecule is CCN1CCN(C(=O)/C=C/c2cccc(OC(C)C)c2)CC1. The van der Waals surface area contributed by atoms with Gasteiger partial charge in [-0.15, -0.1) is 0 Å². The number of hydrogen-bond donors (Lipinski definition) is 0. The van der Waals surface area contributed by atoms with Crippen molar-refractivity contribution in [1.29, 1.82) is 0 Å². The molecule has 4 nitrogen and oxygen atoms in total. The van der Waals surface area contributed by atoms with Crippen molar-refractivity contribution in [3.63, 3.8) is 0 Å². The Bertz CT molecular complexity index is 518. The summed E-state index contributed by atoms with van der Waals surface area (Å²) >= 11 is 0. The third kappa shape index (κ3) is 4.88. The Morgan fingerprint density at radius 1 is 1.27 bits per heavy atom. The number of piperazine rings is 1. The molecule has 0 aliphatic carbocycles. The second kappa shape index (κ2) is 7.99. The van der Waals surface area contributed by atoms with Crippen molar-refractivity contribution in [2.75, 3.05) is 32.7 Å². The largest absolute Gasteiger partial charge is 0.491 e. The molecule has 0 N–H and O–H groups in total. The number of ether oxygens (including phenoxy) is 1. The Balaban J connectivity index is 1.92. The zero-order valence-electron chi connectivity index (χ0n) is 13.8. The molecule has 22 heavy (non-hydrogen) atoms. The van der Waals surface area contributed by atoms with Gasteiger partial charge in [-0.05, 0) is 44.2 Å². The van der Waals surface area contributed by atoms with Gasteiger partial charge in [0.25, 0.3) is 0 Å². The lowest BCUT2D eigenvalue weighted by molar-refractivity contribution is -0.127. The van der Waals surface area contributed by atoms with Crippen LogP contribution >= 0.6 is 0 Å². The minimum absolute atomic E-state index is 0.0888. The smallest absolute Gasteiger partial charge is 0.246 e. The minimum Gasteiger partial charge on any atom is -0.491 e. The van der Waals surface area contributed by atoms with Crippen molar-refractivity contribution in [3.05, 3.63) is 35.9 Å². The standard InChI is InChI=1S/C18H26N2O2/c1-4-19-10-12-20(13-11-19)18(21)9-8-16-6-5-7-17(14-16)22-15(2)3/h5-9,14-15H,4,10-13H2,1-3H3/b9-8+. The molecule has 1 aliphatic rings. The van der Waals surface area contributed by atoms with E-state index in [4.69, 9.17) is 4.74 Å². The van der Waals surface area contributed by atoms with E-state index < -0.39 is 0 Å². The van der Waals surface area contributed by atoms with Crippen LogP contribution in [-0.2, 0) is 4.79 Å². The molecule has 1 saturated heterocycles. The molecule has 1 aromatic rings. The lowest BCUT2D eigenvalue weighted by Gasteiger charge is -2.33. The van der Waals surface area contributed by atoms with E-state index in [9.17, 15) is 4.79 Å². The van der Waals surface area contributed by atoms with Crippen LogP contribution in [0.15, 0.2) is 30.3 Å². The molecule has 0 unspecified atom stereocenters. The molecule has 1 aliphatic heterocycles. The molecule has 0 saturated carbocycles. The quantitative estimate of drug-likeness (QED) is 0.784. The maximum absolute atomic E-state index is 12.2. The first-order chi connectivity index (χ1) is 10.6. The summed E-state index contributed by atoms with van der Waals surface area (Å²) in [4.78, 5) is 16.5. The number of nitrogens with zero attached hydrogens (tertiary/aromatic N) is 2. The van der Waals surface area contributed by atoms with E-state index in [1.54, 1.807) is 6.08 Å². The summed E-state index contributed by atoms with van der Waals surface area (Å²) < 4.78 is 5.67. The summed E-state index contributed by atoms with van der Waals surface area (Å²) in [6.45, 7) is 10.8. The molecule has 0 atom stereocenters. The third-order valence-electron chi connectivity index (χ3n) is 3.78. The van der Waals surface area contributed by atoms with Crippen LogP contribution in [0, 0.1) is 0 Å². The van der Waals surface area contributed by atoms with Crippen LogP contribution in [0.4, 0.5) is 0 Å². The molecule has 1 fully saturated rings. The van der Waals surface area contributed by atoms with E-state index in [-0.39, 0.29) is 12.0 Å². The molecular formula is C18H26N2O2. The van der Waals surface area contributed by atoms with Crippen LogP contribution in [0.2, 0.25) is 0 Å². The highest BCUT2D eigenvalue weighted by Crippen LogP contribution is 2.16. The summed E-state index contributed by atoms with van der Waals surface area (Å²) in [7, 11) is 0. The van der Waals surface area contributed by atoms with E-state index >= 15 is 0 Å². The topological polar surface area (TPSA) is 32.8 Å². The van der Waals surface area contributed by atoms with Crippen LogP contribution in [0.3, 0.4) is 0 Å². The fourth-order valence-corrected chi connectivity index (χ4v) is 2.52. The molecule has 0 spiro atoms.